The Labute approximate surface area is 102 Å². The van der Waals surface area contributed by atoms with Crippen LogP contribution in [-0.2, 0) is 6.42 Å². The van der Waals surface area contributed by atoms with E-state index in [-0.39, 0.29) is 0 Å². The van der Waals surface area contributed by atoms with E-state index in [1.165, 1.54) is 21.1 Å². The van der Waals surface area contributed by atoms with Crippen LogP contribution in [0.4, 0.5) is 5.13 Å². The lowest BCUT2D eigenvalue weighted by Gasteiger charge is -1.91. The smallest absolute Gasteiger partial charge is 0.180 e. The Bertz CT molecular complexity index is 436. The quantitative estimate of drug-likeness (QED) is 0.851. The van der Waals surface area contributed by atoms with Gasteiger partial charge in [0.25, 0.3) is 0 Å². The summed E-state index contributed by atoms with van der Waals surface area (Å²) < 4.78 is 0. The average Bonchev–Trinajstić information content (AvgIpc) is 2.83. The molecule has 15 heavy (non-hydrogen) atoms. The van der Waals surface area contributed by atoms with Crippen LogP contribution < -0.4 is 5.73 Å². The van der Waals surface area contributed by atoms with Crippen molar-refractivity contribution in [3.8, 4) is 10.6 Å². The second-order valence-corrected chi connectivity index (χ2v) is 5.57. The maximum absolute atomic E-state index is 5.66. The standard InChI is InChI=1S/C10H11ClN2S2/c11-5-1-2-7-3-4-9(15-7)8-6-14-10(12)13-8/h3-4,6H,1-2,5H2,(H2,12,13). The van der Waals surface area contributed by atoms with Gasteiger partial charge in [0.15, 0.2) is 5.13 Å². The number of aryl methyl sites for hydroxylation is 1. The molecule has 2 rings (SSSR count). The predicted octanol–water partition coefficient (Wildman–Crippen LogP) is 3.63. The van der Waals surface area contributed by atoms with Gasteiger partial charge in [-0.15, -0.1) is 34.3 Å². The molecular weight excluding hydrogens is 248 g/mol. The molecule has 0 atom stereocenters. The van der Waals surface area contributed by atoms with E-state index >= 15 is 0 Å². The van der Waals surface area contributed by atoms with E-state index in [9.17, 15) is 0 Å². The third-order valence-electron chi connectivity index (χ3n) is 1.99. The molecule has 2 aromatic rings. The molecular formula is C10H11ClN2S2. The fourth-order valence-corrected chi connectivity index (χ4v) is 3.07. The Morgan fingerprint density at radius 1 is 1.40 bits per heavy atom. The highest BCUT2D eigenvalue weighted by atomic mass is 35.5. The molecule has 2 N–H and O–H groups in total. The number of nitrogens with two attached hydrogens (primary N) is 1. The molecule has 0 radical (unpaired) electrons. The van der Waals surface area contributed by atoms with Crippen LogP contribution in [0.15, 0.2) is 17.5 Å². The number of hydrogen-bond donors (Lipinski definition) is 1. The van der Waals surface area contributed by atoms with E-state index < -0.39 is 0 Å². The molecule has 0 bridgehead atoms. The van der Waals surface area contributed by atoms with Gasteiger partial charge in [0, 0.05) is 16.1 Å². The van der Waals surface area contributed by atoms with Crippen molar-refractivity contribution in [3.63, 3.8) is 0 Å². The van der Waals surface area contributed by atoms with E-state index in [1.54, 1.807) is 11.3 Å². The summed E-state index contributed by atoms with van der Waals surface area (Å²) in [7, 11) is 0. The molecule has 5 heteroatoms. The van der Waals surface area contributed by atoms with Crippen molar-refractivity contribution in [2.45, 2.75) is 12.8 Å². The van der Waals surface area contributed by atoms with Crippen molar-refractivity contribution < 1.29 is 0 Å². The fraction of sp³-hybridized carbons (Fsp3) is 0.300. The molecule has 0 aliphatic carbocycles. The van der Waals surface area contributed by atoms with Crippen LogP contribution in [0.5, 0.6) is 0 Å². The minimum Gasteiger partial charge on any atom is -0.375 e. The van der Waals surface area contributed by atoms with E-state index in [1.807, 2.05) is 5.38 Å². The normalized spacial score (nSPS) is 10.7. The van der Waals surface area contributed by atoms with Gasteiger partial charge in [-0.1, -0.05) is 0 Å². The Morgan fingerprint density at radius 2 is 2.27 bits per heavy atom. The first-order valence-corrected chi connectivity index (χ1v) is 6.88. The van der Waals surface area contributed by atoms with Crippen LogP contribution in [0.1, 0.15) is 11.3 Å². The van der Waals surface area contributed by atoms with Crippen LogP contribution in [0.25, 0.3) is 10.6 Å². The van der Waals surface area contributed by atoms with Crippen molar-refractivity contribution in [3.05, 3.63) is 22.4 Å². The molecule has 0 spiro atoms. The number of thiophene rings is 1. The number of nitrogen functional groups attached to an aromatic ring is 1. The molecule has 0 unspecified atom stereocenters. The zero-order chi connectivity index (χ0) is 10.7. The third kappa shape index (κ3) is 2.71. The molecule has 2 nitrogen and oxygen atoms in total. The number of rotatable bonds is 4. The zero-order valence-electron chi connectivity index (χ0n) is 8.07. The van der Waals surface area contributed by atoms with Gasteiger partial charge in [-0.05, 0) is 25.0 Å². The Kier molecular flexibility index (Phi) is 3.61. The third-order valence-corrected chi connectivity index (χ3v) is 4.10. The highest BCUT2D eigenvalue weighted by Crippen LogP contribution is 2.30. The summed E-state index contributed by atoms with van der Waals surface area (Å²) in [6.07, 6.45) is 2.08. The lowest BCUT2D eigenvalue weighted by Crippen LogP contribution is -1.81. The number of thiazole rings is 1. The number of hydrogen-bond acceptors (Lipinski definition) is 4. The maximum Gasteiger partial charge on any atom is 0.180 e. The second-order valence-electron chi connectivity index (χ2n) is 3.13. The van der Waals surface area contributed by atoms with Gasteiger partial charge >= 0.3 is 0 Å². The Balaban J connectivity index is 2.13. The van der Waals surface area contributed by atoms with Crippen molar-refractivity contribution in [1.29, 1.82) is 0 Å². The molecule has 0 aliphatic heterocycles. The Hall–Kier alpha value is -0.580. The highest BCUT2D eigenvalue weighted by Gasteiger charge is 2.05. The van der Waals surface area contributed by atoms with E-state index in [4.69, 9.17) is 17.3 Å². The number of aromatic nitrogens is 1. The van der Waals surface area contributed by atoms with Gasteiger partial charge in [-0.25, -0.2) is 4.98 Å². The van der Waals surface area contributed by atoms with Crippen LogP contribution in [0.2, 0.25) is 0 Å². The first kappa shape index (κ1) is 10.9. The topological polar surface area (TPSA) is 38.9 Å². The first-order chi connectivity index (χ1) is 7.29. The number of alkyl halides is 1. The van der Waals surface area contributed by atoms with E-state index in [0.717, 1.165) is 24.4 Å². The van der Waals surface area contributed by atoms with Crippen LogP contribution in [0, 0.1) is 0 Å². The molecule has 0 aromatic carbocycles. The molecule has 2 heterocycles. The fourth-order valence-electron chi connectivity index (χ4n) is 1.29. The van der Waals surface area contributed by atoms with Crippen LogP contribution in [0.3, 0.4) is 0 Å². The largest absolute Gasteiger partial charge is 0.375 e. The summed E-state index contributed by atoms with van der Waals surface area (Å²) >= 11 is 8.90. The number of halogens is 1. The van der Waals surface area contributed by atoms with Gasteiger partial charge in [0.05, 0.1) is 10.6 Å². The predicted molar refractivity (Wildman–Crippen MR) is 68.9 cm³/mol. The summed E-state index contributed by atoms with van der Waals surface area (Å²) in [6.45, 7) is 0. The van der Waals surface area contributed by atoms with E-state index in [0.29, 0.717) is 5.13 Å². The Morgan fingerprint density at radius 3 is 2.93 bits per heavy atom. The van der Waals surface area contributed by atoms with Crippen molar-refractivity contribution in [2.24, 2.45) is 0 Å². The van der Waals surface area contributed by atoms with Gasteiger partial charge in [-0.3, -0.25) is 0 Å². The summed E-state index contributed by atoms with van der Waals surface area (Å²) in [5.41, 5.74) is 6.58. The minimum atomic E-state index is 0.626. The van der Waals surface area contributed by atoms with Gasteiger partial charge in [0.1, 0.15) is 0 Å². The number of anilines is 1. The second kappa shape index (κ2) is 4.96. The van der Waals surface area contributed by atoms with Gasteiger partial charge < -0.3 is 5.73 Å². The maximum atomic E-state index is 5.66. The van der Waals surface area contributed by atoms with Gasteiger partial charge in [-0.2, -0.15) is 0 Å². The first-order valence-electron chi connectivity index (χ1n) is 4.65. The SMILES string of the molecule is Nc1nc(-c2ccc(CCCCl)s2)cs1. The minimum absolute atomic E-state index is 0.626. The van der Waals surface area contributed by atoms with Crippen LogP contribution in [-0.4, -0.2) is 10.9 Å². The molecule has 0 saturated heterocycles. The zero-order valence-corrected chi connectivity index (χ0v) is 10.5. The van der Waals surface area contributed by atoms with Crippen molar-refractivity contribution in [1.82, 2.24) is 4.98 Å². The molecule has 2 aromatic heterocycles. The summed E-state index contributed by atoms with van der Waals surface area (Å²) in [5, 5.41) is 2.62. The molecule has 0 amide bonds. The van der Waals surface area contributed by atoms with Crippen molar-refractivity contribution in [2.75, 3.05) is 11.6 Å². The van der Waals surface area contributed by atoms with Crippen molar-refractivity contribution >= 4 is 39.4 Å². The molecule has 0 saturated carbocycles. The highest BCUT2D eigenvalue weighted by molar-refractivity contribution is 7.16. The average molecular weight is 259 g/mol. The molecule has 0 fully saturated rings. The molecule has 0 aliphatic rings. The monoisotopic (exact) mass is 258 g/mol. The molecule has 80 valence electrons. The summed E-state index contributed by atoms with van der Waals surface area (Å²) in [5.74, 6) is 0.719. The van der Waals surface area contributed by atoms with Crippen LogP contribution >= 0.6 is 34.3 Å². The lowest BCUT2D eigenvalue weighted by atomic mass is 10.3. The van der Waals surface area contributed by atoms with E-state index in [2.05, 4.69) is 17.1 Å². The summed E-state index contributed by atoms with van der Waals surface area (Å²) in [4.78, 5) is 6.80. The lowest BCUT2D eigenvalue weighted by molar-refractivity contribution is 0.947. The number of nitrogens with zero attached hydrogens (tertiary/aromatic N) is 1. The summed E-state index contributed by atoms with van der Waals surface area (Å²) in [6, 6.07) is 4.24. The van der Waals surface area contributed by atoms with Gasteiger partial charge in [0.2, 0.25) is 0 Å².